The zero-order chi connectivity index (χ0) is 13.1. The average Bonchev–Trinajstić information content (AvgIpc) is 2.61. The highest BCUT2D eigenvalue weighted by Crippen LogP contribution is 2.14. The number of carbonyl (C=O) groups is 1. The number of hydrogen-bond acceptors (Lipinski definition) is 3. The lowest BCUT2D eigenvalue weighted by Gasteiger charge is -1.99. The first-order valence-corrected chi connectivity index (χ1v) is 6.41. The lowest BCUT2D eigenvalue weighted by atomic mass is 10.1. The smallest absolute Gasteiger partial charge is 0.307 e. The summed E-state index contributed by atoms with van der Waals surface area (Å²) in [4.78, 5) is 16.1. The summed E-state index contributed by atoms with van der Waals surface area (Å²) in [6.07, 6.45) is 0.0267. The second-order valence-corrected chi connectivity index (χ2v) is 4.91. The Morgan fingerprint density at radius 1 is 1.50 bits per heavy atom. The highest BCUT2D eigenvalue weighted by Gasteiger charge is 2.01. The maximum atomic E-state index is 10.7. The van der Waals surface area contributed by atoms with Crippen LogP contribution in [0, 0.1) is 6.92 Å². The summed E-state index contributed by atoms with van der Waals surface area (Å²) in [7, 11) is 1.96. The second-order valence-electron chi connectivity index (χ2n) is 4.07. The third-order valence-corrected chi connectivity index (χ3v) is 3.68. The molecule has 4 nitrogen and oxygen atoms in total. The fourth-order valence-corrected chi connectivity index (χ4v) is 2.46. The van der Waals surface area contributed by atoms with Crippen LogP contribution in [0.5, 0.6) is 0 Å². The van der Waals surface area contributed by atoms with Crippen molar-refractivity contribution in [2.45, 2.75) is 13.3 Å². The van der Waals surface area contributed by atoms with Crippen molar-refractivity contribution < 1.29 is 9.90 Å². The van der Waals surface area contributed by atoms with Crippen LogP contribution in [-0.2, 0) is 18.3 Å². The van der Waals surface area contributed by atoms with Gasteiger partial charge in [-0.05, 0) is 24.6 Å². The zero-order valence-electron chi connectivity index (χ0n) is 10.3. The van der Waals surface area contributed by atoms with Gasteiger partial charge in [0.25, 0.3) is 0 Å². The lowest BCUT2D eigenvalue weighted by Crippen LogP contribution is -2.10. The van der Waals surface area contributed by atoms with Gasteiger partial charge in [0.05, 0.1) is 12.1 Å². The predicted octanol–water partition coefficient (Wildman–Crippen LogP) is 2.25. The topological polar surface area (TPSA) is 54.6 Å². The monoisotopic (exact) mass is 262 g/mol. The normalized spacial score (nSPS) is 11.8. The van der Waals surface area contributed by atoms with Gasteiger partial charge in [-0.15, -0.1) is 11.3 Å². The summed E-state index contributed by atoms with van der Waals surface area (Å²) in [6, 6.07) is 7.31. The Bertz CT molecular complexity index is 640. The van der Waals surface area contributed by atoms with Crippen LogP contribution in [0.2, 0.25) is 0 Å². The van der Waals surface area contributed by atoms with Crippen molar-refractivity contribution in [3.8, 4) is 0 Å². The molecule has 0 amide bonds. The summed E-state index contributed by atoms with van der Waals surface area (Å²) < 4.78 is 2.01. The Balaban J connectivity index is 2.38. The maximum Gasteiger partial charge on any atom is 0.307 e. The molecule has 1 aromatic heterocycles. The molecule has 0 fully saturated rings. The Labute approximate surface area is 109 Å². The van der Waals surface area contributed by atoms with Gasteiger partial charge >= 0.3 is 5.97 Å². The molecule has 0 unspecified atom stereocenters. The van der Waals surface area contributed by atoms with Crippen LogP contribution in [0.3, 0.4) is 0 Å². The van der Waals surface area contributed by atoms with Crippen LogP contribution in [0.4, 0.5) is 5.69 Å². The molecule has 0 saturated carbocycles. The molecule has 1 heterocycles. The molecular weight excluding hydrogens is 248 g/mol. The number of aromatic nitrogens is 1. The minimum atomic E-state index is -0.829. The summed E-state index contributed by atoms with van der Waals surface area (Å²) in [5.41, 5.74) is 2.70. The number of nitrogens with zero attached hydrogens (tertiary/aromatic N) is 2. The van der Waals surface area contributed by atoms with Gasteiger partial charge in [-0.2, -0.15) is 0 Å². The number of rotatable bonds is 3. The largest absolute Gasteiger partial charge is 0.481 e. The van der Waals surface area contributed by atoms with Gasteiger partial charge in [-0.3, -0.25) is 4.79 Å². The van der Waals surface area contributed by atoms with Crippen molar-refractivity contribution in [2.75, 3.05) is 0 Å². The van der Waals surface area contributed by atoms with Crippen molar-refractivity contribution >= 4 is 23.0 Å². The van der Waals surface area contributed by atoms with E-state index in [1.807, 2.05) is 42.1 Å². The van der Waals surface area contributed by atoms with E-state index in [0.717, 1.165) is 21.7 Å². The van der Waals surface area contributed by atoms with E-state index in [0.29, 0.717) is 0 Å². The van der Waals surface area contributed by atoms with Gasteiger partial charge in [0.2, 0.25) is 0 Å². The highest BCUT2D eigenvalue weighted by atomic mass is 32.1. The fourth-order valence-electron chi connectivity index (χ4n) is 1.57. The van der Waals surface area contributed by atoms with E-state index < -0.39 is 5.97 Å². The second kappa shape index (κ2) is 5.18. The Morgan fingerprint density at radius 3 is 2.89 bits per heavy atom. The Morgan fingerprint density at radius 2 is 2.28 bits per heavy atom. The first-order valence-electron chi connectivity index (χ1n) is 5.53. The number of carboxylic acid groups (broad SMARTS) is 1. The van der Waals surface area contributed by atoms with E-state index in [4.69, 9.17) is 5.11 Å². The first-order chi connectivity index (χ1) is 8.56. The van der Waals surface area contributed by atoms with Crippen molar-refractivity contribution in [2.24, 2.45) is 12.0 Å². The quantitative estimate of drug-likeness (QED) is 0.922. The molecule has 2 aromatic rings. The molecule has 0 saturated heterocycles. The molecule has 0 spiro atoms. The Hall–Kier alpha value is -1.88. The van der Waals surface area contributed by atoms with Crippen LogP contribution < -0.4 is 4.80 Å². The van der Waals surface area contributed by atoms with Gasteiger partial charge in [-0.25, -0.2) is 4.99 Å². The molecular formula is C13H14N2O2S. The first kappa shape index (κ1) is 12.6. The number of thiazole rings is 1. The Kier molecular flexibility index (Phi) is 3.62. The van der Waals surface area contributed by atoms with Crippen molar-refractivity contribution in [1.82, 2.24) is 4.57 Å². The minimum absolute atomic E-state index is 0.0267. The molecule has 0 radical (unpaired) electrons. The van der Waals surface area contributed by atoms with E-state index in [9.17, 15) is 4.79 Å². The number of aryl methyl sites for hydroxylation is 1. The van der Waals surface area contributed by atoms with Gasteiger partial charge in [0.15, 0.2) is 4.80 Å². The van der Waals surface area contributed by atoms with Gasteiger partial charge in [0, 0.05) is 18.1 Å². The molecule has 0 bridgehead atoms. The number of benzene rings is 1. The summed E-state index contributed by atoms with van der Waals surface area (Å²) >= 11 is 1.57. The number of carboxylic acids is 1. The van der Waals surface area contributed by atoms with E-state index in [1.165, 1.54) is 0 Å². The van der Waals surface area contributed by atoms with E-state index in [1.54, 1.807) is 17.4 Å². The van der Waals surface area contributed by atoms with E-state index in [2.05, 4.69) is 4.99 Å². The third-order valence-electron chi connectivity index (χ3n) is 2.64. The summed E-state index contributed by atoms with van der Waals surface area (Å²) in [5.74, 6) is -0.829. The zero-order valence-corrected chi connectivity index (χ0v) is 11.1. The standard InChI is InChI=1S/C13H14N2O2S/c1-9-8-18-13(15(9)2)14-11-5-3-4-10(6-11)7-12(16)17/h3-6,8H,7H2,1-2H3,(H,16,17)/b14-13-. The molecule has 0 atom stereocenters. The lowest BCUT2D eigenvalue weighted by molar-refractivity contribution is -0.136. The summed E-state index contributed by atoms with van der Waals surface area (Å²) in [5, 5.41) is 10.8. The van der Waals surface area contributed by atoms with Crippen LogP contribution >= 0.6 is 11.3 Å². The predicted molar refractivity (Wildman–Crippen MR) is 71.0 cm³/mol. The molecule has 18 heavy (non-hydrogen) atoms. The van der Waals surface area contributed by atoms with Crippen molar-refractivity contribution in [3.63, 3.8) is 0 Å². The van der Waals surface area contributed by atoms with Crippen LogP contribution in [0.1, 0.15) is 11.3 Å². The third kappa shape index (κ3) is 2.87. The molecule has 94 valence electrons. The highest BCUT2D eigenvalue weighted by molar-refractivity contribution is 7.07. The molecule has 1 aromatic carbocycles. The fraction of sp³-hybridized carbons (Fsp3) is 0.231. The molecule has 1 N–H and O–H groups in total. The summed E-state index contributed by atoms with van der Waals surface area (Å²) in [6.45, 7) is 2.02. The molecule has 0 aliphatic heterocycles. The molecule has 0 aliphatic carbocycles. The molecule has 0 aliphatic rings. The van der Waals surface area contributed by atoms with Gasteiger partial charge in [-0.1, -0.05) is 12.1 Å². The van der Waals surface area contributed by atoms with Crippen molar-refractivity contribution in [3.05, 3.63) is 45.7 Å². The van der Waals surface area contributed by atoms with Crippen molar-refractivity contribution in [1.29, 1.82) is 0 Å². The number of aliphatic carboxylic acids is 1. The van der Waals surface area contributed by atoms with E-state index in [-0.39, 0.29) is 6.42 Å². The molecule has 5 heteroatoms. The van der Waals surface area contributed by atoms with Crippen LogP contribution in [-0.4, -0.2) is 15.6 Å². The van der Waals surface area contributed by atoms with Gasteiger partial charge < -0.3 is 9.67 Å². The van der Waals surface area contributed by atoms with Crippen LogP contribution in [0.15, 0.2) is 34.6 Å². The molecule has 2 rings (SSSR count). The maximum absolute atomic E-state index is 10.7. The van der Waals surface area contributed by atoms with Gasteiger partial charge in [0.1, 0.15) is 0 Å². The van der Waals surface area contributed by atoms with E-state index >= 15 is 0 Å². The minimum Gasteiger partial charge on any atom is -0.481 e. The average molecular weight is 262 g/mol. The SMILES string of the molecule is Cc1cs/c(=N\c2cccc(CC(=O)O)c2)n1C. The van der Waals surface area contributed by atoms with Crippen LogP contribution in [0.25, 0.3) is 0 Å². The number of hydrogen-bond donors (Lipinski definition) is 1.